The molecular weight excluding hydrogens is 274 g/mol. The van der Waals surface area contributed by atoms with Gasteiger partial charge in [0.1, 0.15) is 11.4 Å². The van der Waals surface area contributed by atoms with Crippen LogP contribution in [0.25, 0.3) is 0 Å². The third-order valence-corrected chi connectivity index (χ3v) is 2.39. The smallest absolute Gasteiger partial charge is 0.412 e. The lowest BCUT2D eigenvalue weighted by Crippen LogP contribution is -2.27. The summed E-state index contributed by atoms with van der Waals surface area (Å²) >= 11 is 0. The number of aliphatic carboxylic acids is 1. The lowest BCUT2D eigenvalue weighted by atomic mass is 10.1. The van der Waals surface area contributed by atoms with Crippen LogP contribution in [-0.2, 0) is 9.53 Å². The average molecular weight is 295 g/mol. The molecule has 0 spiro atoms. The molecule has 1 amide bonds. The van der Waals surface area contributed by atoms with Crippen LogP contribution in [0.4, 0.5) is 10.5 Å². The van der Waals surface area contributed by atoms with E-state index in [2.05, 4.69) is 5.32 Å². The summed E-state index contributed by atoms with van der Waals surface area (Å²) in [6.45, 7) is 8.45. The maximum atomic E-state index is 11.8. The SMILES string of the molecule is Cc1cc(C)c(OCC(=O)O)c(NC(=O)OC(C)(C)C)c1. The van der Waals surface area contributed by atoms with E-state index in [4.69, 9.17) is 14.6 Å². The Bertz CT molecular complexity index is 546. The molecular formula is C15H21NO5. The molecule has 0 aliphatic heterocycles. The number of anilines is 1. The van der Waals surface area contributed by atoms with Gasteiger partial charge in [0.2, 0.25) is 0 Å². The van der Waals surface area contributed by atoms with Crippen molar-refractivity contribution in [1.82, 2.24) is 0 Å². The Hall–Kier alpha value is -2.24. The number of aryl methyl sites for hydroxylation is 2. The topological polar surface area (TPSA) is 84.9 Å². The molecule has 0 saturated carbocycles. The second-order valence-corrected chi connectivity index (χ2v) is 5.77. The molecule has 0 aliphatic carbocycles. The van der Waals surface area contributed by atoms with E-state index in [1.807, 2.05) is 13.0 Å². The molecule has 6 heteroatoms. The van der Waals surface area contributed by atoms with Gasteiger partial charge in [-0.1, -0.05) is 6.07 Å². The van der Waals surface area contributed by atoms with Crippen LogP contribution in [0.5, 0.6) is 5.75 Å². The van der Waals surface area contributed by atoms with Crippen molar-refractivity contribution in [3.8, 4) is 5.75 Å². The number of ether oxygens (including phenoxy) is 2. The predicted octanol–water partition coefficient (Wildman–Crippen LogP) is 3.11. The van der Waals surface area contributed by atoms with Crippen molar-refractivity contribution >= 4 is 17.7 Å². The van der Waals surface area contributed by atoms with Crippen LogP contribution in [-0.4, -0.2) is 29.4 Å². The lowest BCUT2D eigenvalue weighted by Gasteiger charge is -2.21. The van der Waals surface area contributed by atoms with Crippen LogP contribution in [0.15, 0.2) is 12.1 Å². The van der Waals surface area contributed by atoms with E-state index in [0.717, 1.165) is 11.1 Å². The Kier molecular flexibility index (Phi) is 5.18. The summed E-state index contributed by atoms with van der Waals surface area (Å²) in [5, 5.41) is 11.3. The fourth-order valence-electron chi connectivity index (χ4n) is 1.79. The van der Waals surface area contributed by atoms with Gasteiger partial charge in [-0.05, 0) is 51.8 Å². The molecule has 116 valence electrons. The summed E-state index contributed by atoms with van der Waals surface area (Å²) in [6, 6.07) is 3.55. The van der Waals surface area contributed by atoms with Gasteiger partial charge in [-0.2, -0.15) is 0 Å². The highest BCUT2D eigenvalue weighted by molar-refractivity contribution is 5.87. The van der Waals surface area contributed by atoms with Gasteiger partial charge in [0.15, 0.2) is 6.61 Å². The van der Waals surface area contributed by atoms with Crippen molar-refractivity contribution in [3.63, 3.8) is 0 Å². The summed E-state index contributed by atoms with van der Waals surface area (Å²) in [7, 11) is 0. The number of carboxylic acids is 1. The normalized spacial score (nSPS) is 10.9. The van der Waals surface area contributed by atoms with E-state index in [-0.39, 0.29) is 0 Å². The first-order valence-electron chi connectivity index (χ1n) is 6.54. The predicted molar refractivity (Wildman–Crippen MR) is 78.9 cm³/mol. The number of amides is 1. The third kappa shape index (κ3) is 5.72. The molecule has 1 aromatic rings. The first-order chi connectivity index (χ1) is 9.58. The zero-order valence-electron chi connectivity index (χ0n) is 12.9. The zero-order chi connectivity index (χ0) is 16.2. The van der Waals surface area contributed by atoms with Crippen LogP contribution < -0.4 is 10.1 Å². The number of carboxylic acid groups (broad SMARTS) is 1. The summed E-state index contributed by atoms with van der Waals surface area (Å²) in [4.78, 5) is 22.5. The number of nitrogens with one attached hydrogen (secondary N) is 1. The lowest BCUT2D eigenvalue weighted by molar-refractivity contribution is -0.139. The van der Waals surface area contributed by atoms with Gasteiger partial charge >= 0.3 is 12.1 Å². The van der Waals surface area contributed by atoms with Crippen molar-refractivity contribution < 1.29 is 24.2 Å². The van der Waals surface area contributed by atoms with Crippen LogP contribution in [0.3, 0.4) is 0 Å². The molecule has 0 radical (unpaired) electrons. The Balaban J connectivity index is 2.98. The maximum absolute atomic E-state index is 11.8. The molecule has 6 nitrogen and oxygen atoms in total. The first-order valence-corrected chi connectivity index (χ1v) is 6.54. The summed E-state index contributed by atoms with van der Waals surface area (Å²) < 4.78 is 10.4. The minimum absolute atomic E-state index is 0.328. The Labute approximate surface area is 124 Å². The monoisotopic (exact) mass is 295 g/mol. The molecule has 0 aromatic heterocycles. The van der Waals surface area contributed by atoms with Gasteiger partial charge in [0, 0.05) is 0 Å². The van der Waals surface area contributed by atoms with Gasteiger partial charge in [0.25, 0.3) is 0 Å². The van der Waals surface area contributed by atoms with E-state index in [1.54, 1.807) is 33.8 Å². The van der Waals surface area contributed by atoms with Crippen LogP contribution in [0.1, 0.15) is 31.9 Å². The molecule has 21 heavy (non-hydrogen) atoms. The summed E-state index contributed by atoms with van der Waals surface area (Å²) in [5.41, 5.74) is 1.43. The zero-order valence-corrected chi connectivity index (χ0v) is 12.9. The Morgan fingerprint density at radius 2 is 1.86 bits per heavy atom. The van der Waals surface area contributed by atoms with Crippen molar-refractivity contribution in [2.24, 2.45) is 0 Å². The van der Waals surface area contributed by atoms with Gasteiger partial charge in [-0.3, -0.25) is 5.32 Å². The van der Waals surface area contributed by atoms with Gasteiger partial charge in [0.05, 0.1) is 5.69 Å². The fraction of sp³-hybridized carbons (Fsp3) is 0.467. The molecule has 1 rings (SSSR count). The summed E-state index contributed by atoms with van der Waals surface area (Å²) in [6.07, 6.45) is -0.618. The number of hydrogen-bond donors (Lipinski definition) is 2. The van der Waals surface area contributed by atoms with Gasteiger partial charge < -0.3 is 14.6 Å². The molecule has 0 unspecified atom stereocenters. The van der Waals surface area contributed by atoms with Crippen molar-refractivity contribution in [2.75, 3.05) is 11.9 Å². The van der Waals surface area contributed by atoms with E-state index in [9.17, 15) is 9.59 Å². The number of carbonyl (C=O) groups excluding carboxylic acids is 1. The molecule has 1 aromatic carbocycles. The quantitative estimate of drug-likeness (QED) is 0.891. The molecule has 2 N–H and O–H groups in total. The van der Waals surface area contributed by atoms with E-state index in [1.165, 1.54) is 0 Å². The number of benzene rings is 1. The second kappa shape index (κ2) is 6.47. The highest BCUT2D eigenvalue weighted by Crippen LogP contribution is 2.30. The van der Waals surface area contributed by atoms with Gasteiger partial charge in [-0.15, -0.1) is 0 Å². The number of carbonyl (C=O) groups is 2. The first kappa shape index (κ1) is 16.8. The third-order valence-electron chi connectivity index (χ3n) is 2.39. The van der Waals surface area contributed by atoms with Gasteiger partial charge in [-0.25, -0.2) is 9.59 Å². The molecule has 0 atom stereocenters. The van der Waals surface area contributed by atoms with Crippen molar-refractivity contribution in [3.05, 3.63) is 23.3 Å². The van der Waals surface area contributed by atoms with E-state index >= 15 is 0 Å². The van der Waals surface area contributed by atoms with E-state index < -0.39 is 24.3 Å². The van der Waals surface area contributed by atoms with Crippen molar-refractivity contribution in [1.29, 1.82) is 0 Å². The minimum atomic E-state index is -1.09. The van der Waals surface area contributed by atoms with Crippen LogP contribution in [0, 0.1) is 13.8 Å². The molecule has 0 aliphatic rings. The van der Waals surface area contributed by atoms with E-state index in [0.29, 0.717) is 11.4 Å². The van der Waals surface area contributed by atoms with Crippen molar-refractivity contribution in [2.45, 2.75) is 40.2 Å². The molecule has 0 fully saturated rings. The standard InChI is InChI=1S/C15H21NO5/c1-9-6-10(2)13(20-8-12(17)18)11(7-9)16-14(19)21-15(3,4)5/h6-7H,8H2,1-5H3,(H,16,19)(H,17,18). The average Bonchev–Trinajstić information content (AvgIpc) is 2.23. The highest BCUT2D eigenvalue weighted by Gasteiger charge is 2.19. The van der Waals surface area contributed by atoms with Crippen LogP contribution >= 0.6 is 0 Å². The largest absolute Gasteiger partial charge is 0.479 e. The fourth-order valence-corrected chi connectivity index (χ4v) is 1.79. The Morgan fingerprint density at radius 1 is 1.24 bits per heavy atom. The maximum Gasteiger partial charge on any atom is 0.412 e. The second-order valence-electron chi connectivity index (χ2n) is 5.77. The minimum Gasteiger partial charge on any atom is -0.479 e. The number of hydrogen-bond acceptors (Lipinski definition) is 4. The molecule has 0 saturated heterocycles. The van der Waals surface area contributed by atoms with Crippen LogP contribution in [0.2, 0.25) is 0 Å². The summed E-state index contributed by atoms with van der Waals surface area (Å²) in [5.74, 6) is -0.757. The number of rotatable bonds is 4. The Morgan fingerprint density at radius 3 is 2.38 bits per heavy atom. The molecule has 0 bridgehead atoms. The highest BCUT2D eigenvalue weighted by atomic mass is 16.6. The molecule has 0 heterocycles.